The lowest BCUT2D eigenvalue weighted by atomic mass is 9.75. The monoisotopic (exact) mass is 427 g/mol. The van der Waals surface area contributed by atoms with E-state index in [2.05, 4.69) is 5.32 Å². The van der Waals surface area contributed by atoms with Crippen molar-refractivity contribution in [3.63, 3.8) is 0 Å². The number of carbonyl (C=O) groups excluding carboxylic acids is 2. The Hall–Kier alpha value is -3.82. The molecule has 31 heavy (non-hydrogen) atoms. The van der Waals surface area contributed by atoms with Gasteiger partial charge in [0.15, 0.2) is 17.0 Å². The standard InChI is InChI=1S/C21H21N3O7/c1-3-29-20(26)22-21(14-6-4-5-7-16(14)23(2)19(21)25)15(11-24(27)28)13-8-9-17-18(10-13)31-12-30-17/h4-10,15H,3,11-12H2,1-2H3,(H,22,26). The fraction of sp³-hybridized carbons (Fsp3) is 0.333. The van der Waals surface area contributed by atoms with E-state index in [1.807, 2.05) is 0 Å². The number of alkyl carbamates (subject to hydrolysis) is 1. The molecule has 1 N–H and O–H groups in total. The predicted molar refractivity (Wildman–Crippen MR) is 109 cm³/mol. The molecule has 2 aromatic carbocycles. The summed E-state index contributed by atoms with van der Waals surface area (Å²) in [6.07, 6.45) is -0.838. The van der Waals surface area contributed by atoms with Gasteiger partial charge in [0.05, 0.1) is 12.5 Å². The number of ether oxygens (including phenoxy) is 3. The highest BCUT2D eigenvalue weighted by Crippen LogP contribution is 2.49. The molecule has 2 aliphatic rings. The molecular formula is C21H21N3O7. The Bertz CT molecular complexity index is 1060. The summed E-state index contributed by atoms with van der Waals surface area (Å²) in [7, 11) is 1.57. The van der Waals surface area contributed by atoms with Crippen molar-refractivity contribution in [2.45, 2.75) is 18.4 Å². The number of amides is 2. The van der Waals surface area contributed by atoms with E-state index in [0.29, 0.717) is 28.3 Å². The first-order chi connectivity index (χ1) is 14.9. The Labute approximate surface area is 177 Å². The fourth-order valence-electron chi connectivity index (χ4n) is 4.23. The quantitative estimate of drug-likeness (QED) is 0.555. The van der Waals surface area contributed by atoms with Gasteiger partial charge in [0.2, 0.25) is 13.3 Å². The Morgan fingerprint density at radius 3 is 2.77 bits per heavy atom. The van der Waals surface area contributed by atoms with Crippen LogP contribution in [-0.4, -0.2) is 43.9 Å². The molecule has 2 aromatic rings. The highest BCUT2D eigenvalue weighted by atomic mass is 16.7. The number of para-hydroxylation sites is 1. The lowest BCUT2D eigenvalue weighted by molar-refractivity contribution is -0.485. The first kappa shape index (κ1) is 20.5. The molecule has 162 valence electrons. The number of likely N-dealkylation sites (N-methyl/N-ethyl adjacent to an activating group) is 1. The van der Waals surface area contributed by atoms with Crippen molar-refractivity contribution in [2.24, 2.45) is 0 Å². The van der Waals surface area contributed by atoms with Crippen LogP contribution in [0.25, 0.3) is 0 Å². The molecule has 2 amide bonds. The van der Waals surface area contributed by atoms with Gasteiger partial charge in [0.25, 0.3) is 5.91 Å². The van der Waals surface area contributed by atoms with Crippen molar-refractivity contribution >= 4 is 17.7 Å². The van der Waals surface area contributed by atoms with Gasteiger partial charge in [-0.25, -0.2) is 4.79 Å². The van der Waals surface area contributed by atoms with Crippen LogP contribution in [0, 0.1) is 10.1 Å². The molecule has 0 aliphatic carbocycles. The number of benzene rings is 2. The fourth-order valence-corrected chi connectivity index (χ4v) is 4.23. The van der Waals surface area contributed by atoms with Crippen LogP contribution in [0.4, 0.5) is 10.5 Å². The van der Waals surface area contributed by atoms with Gasteiger partial charge in [-0.2, -0.15) is 0 Å². The molecular weight excluding hydrogens is 406 g/mol. The van der Waals surface area contributed by atoms with E-state index in [-0.39, 0.29) is 13.4 Å². The van der Waals surface area contributed by atoms with E-state index in [9.17, 15) is 19.7 Å². The average molecular weight is 427 g/mol. The Morgan fingerprint density at radius 1 is 1.29 bits per heavy atom. The summed E-state index contributed by atoms with van der Waals surface area (Å²) >= 11 is 0. The van der Waals surface area contributed by atoms with Gasteiger partial charge >= 0.3 is 6.09 Å². The minimum atomic E-state index is -1.74. The normalized spacial score (nSPS) is 19.7. The first-order valence-corrected chi connectivity index (χ1v) is 9.72. The van der Waals surface area contributed by atoms with Crippen molar-refractivity contribution in [1.29, 1.82) is 0 Å². The maximum atomic E-state index is 13.6. The largest absolute Gasteiger partial charge is 0.454 e. The third kappa shape index (κ3) is 3.29. The van der Waals surface area contributed by atoms with Gasteiger partial charge in [-0.3, -0.25) is 14.9 Å². The molecule has 0 radical (unpaired) electrons. The van der Waals surface area contributed by atoms with Crippen LogP contribution in [-0.2, 0) is 15.1 Å². The van der Waals surface area contributed by atoms with Crippen LogP contribution in [0.15, 0.2) is 42.5 Å². The van der Waals surface area contributed by atoms with Crippen LogP contribution in [0.1, 0.15) is 24.0 Å². The maximum absolute atomic E-state index is 13.6. The van der Waals surface area contributed by atoms with Crippen LogP contribution in [0.2, 0.25) is 0 Å². The Kier molecular flexibility index (Phi) is 5.14. The molecule has 0 aromatic heterocycles. The summed E-state index contributed by atoms with van der Waals surface area (Å²) < 4.78 is 15.8. The number of hydrogen-bond acceptors (Lipinski definition) is 7. The number of nitrogens with zero attached hydrogens (tertiary/aromatic N) is 2. The molecule has 2 aliphatic heterocycles. The molecule has 10 nitrogen and oxygen atoms in total. The van der Waals surface area contributed by atoms with Crippen molar-refractivity contribution < 1.29 is 28.7 Å². The average Bonchev–Trinajstić information content (AvgIpc) is 3.30. The maximum Gasteiger partial charge on any atom is 0.408 e. The lowest BCUT2D eigenvalue weighted by Gasteiger charge is -2.35. The summed E-state index contributed by atoms with van der Waals surface area (Å²) in [5.74, 6) is -0.609. The number of anilines is 1. The number of nitro groups is 1. The van der Waals surface area contributed by atoms with Crippen molar-refractivity contribution in [2.75, 3.05) is 31.9 Å². The first-order valence-electron chi connectivity index (χ1n) is 9.72. The zero-order chi connectivity index (χ0) is 22.2. The second kappa shape index (κ2) is 7.78. The van der Waals surface area contributed by atoms with Crippen molar-refractivity contribution in [1.82, 2.24) is 5.32 Å². The van der Waals surface area contributed by atoms with Crippen molar-refractivity contribution in [3.05, 3.63) is 63.7 Å². The highest BCUT2D eigenvalue weighted by Gasteiger charge is 2.58. The van der Waals surface area contributed by atoms with Crippen LogP contribution in [0.5, 0.6) is 11.5 Å². The SMILES string of the molecule is CCOC(=O)NC1(C(C[N+](=O)[O-])c2ccc3c(c2)OCO3)C(=O)N(C)c2ccccc21. The van der Waals surface area contributed by atoms with E-state index < -0.39 is 34.9 Å². The van der Waals surface area contributed by atoms with Gasteiger partial charge in [0, 0.05) is 23.2 Å². The Balaban J connectivity index is 1.93. The summed E-state index contributed by atoms with van der Waals surface area (Å²) in [6, 6.07) is 11.8. The molecule has 0 bridgehead atoms. The van der Waals surface area contributed by atoms with Gasteiger partial charge in [-0.15, -0.1) is 0 Å². The molecule has 0 saturated heterocycles. The summed E-state index contributed by atoms with van der Waals surface area (Å²) in [4.78, 5) is 38.8. The molecule has 2 heterocycles. The van der Waals surface area contributed by atoms with E-state index in [1.165, 1.54) is 4.90 Å². The number of fused-ring (bicyclic) bond motifs is 2. The third-order valence-electron chi connectivity index (χ3n) is 5.56. The topological polar surface area (TPSA) is 120 Å². The van der Waals surface area contributed by atoms with E-state index >= 15 is 0 Å². The molecule has 10 heteroatoms. The molecule has 2 unspecified atom stereocenters. The van der Waals surface area contributed by atoms with Gasteiger partial charge < -0.3 is 24.4 Å². The summed E-state index contributed by atoms with van der Waals surface area (Å²) in [5.41, 5.74) is -0.270. The number of nitrogens with one attached hydrogen (secondary N) is 1. The zero-order valence-electron chi connectivity index (χ0n) is 17.0. The smallest absolute Gasteiger partial charge is 0.408 e. The number of rotatable bonds is 6. The molecule has 0 spiro atoms. The lowest BCUT2D eigenvalue weighted by Crippen LogP contribution is -2.57. The number of carbonyl (C=O) groups is 2. The number of hydrogen-bond donors (Lipinski definition) is 1. The van der Waals surface area contributed by atoms with Gasteiger partial charge in [-0.05, 0) is 30.7 Å². The minimum absolute atomic E-state index is 0.0371. The van der Waals surface area contributed by atoms with E-state index in [4.69, 9.17) is 14.2 Å². The second-order valence-corrected chi connectivity index (χ2v) is 7.22. The highest BCUT2D eigenvalue weighted by molar-refractivity contribution is 6.09. The van der Waals surface area contributed by atoms with E-state index in [0.717, 1.165) is 0 Å². The zero-order valence-corrected chi connectivity index (χ0v) is 17.0. The molecule has 2 atom stereocenters. The van der Waals surface area contributed by atoms with E-state index in [1.54, 1.807) is 56.4 Å². The molecule has 0 fully saturated rings. The predicted octanol–water partition coefficient (Wildman–Crippen LogP) is 2.39. The van der Waals surface area contributed by atoms with Crippen molar-refractivity contribution in [3.8, 4) is 11.5 Å². The van der Waals surface area contributed by atoms with Crippen LogP contribution in [0.3, 0.4) is 0 Å². The van der Waals surface area contributed by atoms with Gasteiger partial charge in [-0.1, -0.05) is 24.3 Å². The third-order valence-corrected chi connectivity index (χ3v) is 5.56. The minimum Gasteiger partial charge on any atom is -0.454 e. The molecule has 4 rings (SSSR count). The second-order valence-electron chi connectivity index (χ2n) is 7.22. The summed E-state index contributed by atoms with van der Waals surface area (Å²) in [5, 5.41) is 14.4. The van der Waals surface area contributed by atoms with Crippen LogP contribution >= 0.6 is 0 Å². The van der Waals surface area contributed by atoms with Gasteiger partial charge in [0.1, 0.15) is 0 Å². The molecule has 0 saturated carbocycles. The Morgan fingerprint density at radius 2 is 2.03 bits per heavy atom. The van der Waals surface area contributed by atoms with Crippen LogP contribution < -0.4 is 19.7 Å². The summed E-state index contributed by atoms with van der Waals surface area (Å²) in [6.45, 7) is 1.14.